The van der Waals surface area contributed by atoms with Crippen molar-refractivity contribution in [2.45, 2.75) is 26.2 Å². The Balaban J connectivity index is 1.56. The van der Waals surface area contributed by atoms with Crippen LogP contribution in [0.1, 0.15) is 42.1 Å². The number of amides is 1. The molecule has 0 radical (unpaired) electrons. The molecular formula is C26H26N2O4. The predicted molar refractivity (Wildman–Crippen MR) is 126 cm³/mol. The molecule has 4 rings (SSSR count). The highest BCUT2D eigenvalue weighted by Gasteiger charge is 2.18. The molecule has 6 nitrogen and oxygen atoms in total. The van der Waals surface area contributed by atoms with Crippen LogP contribution in [0.3, 0.4) is 0 Å². The minimum absolute atomic E-state index is 0.313. The lowest BCUT2D eigenvalue weighted by atomic mass is 9.98. The van der Waals surface area contributed by atoms with Gasteiger partial charge in [0.15, 0.2) is 5.58 Å². The summed E-state index contributed by atoms with van der Waals surface area (Å²) in [4.78, 5) is 17.5. The van der Waals surface area contributed by atoms with Gasteiger partial charge in [0.1, 0.15) is 22.6 Å². The van der Waals surface area contributed by atoms with E-state index >= 15 is 0 Å². The summed E-state index contributed by atoms with van der Waals surface area (Å²) in [5.74, 6) is 1.60. The first kappa shape index (κ1) is 21.4. The van der Waals surface area contributed by atoms with Gasteiger partial charge in [-0.1, -0.05) is 26.0 Å². The molecule has 0 saturated heterocycles. The molecule has 0 saturated carbocycles. The molecule has 0 aliphatic carbocycles. The van der Waals surface area contributed by atoms with Crippen molar-refractivity contribution in [2.75, 3.05) is 19.5 Å². The van der Waals surface area contributed by atoms with Gasteiger partial charge in [-0.25, -0.2) is 4.98 Å². The van der Waals surface area contributed by atoms with E-state index in [2.05, 4.69) is 36.3 Å². The largest absolute Gasteiger partial charge is 0.496 e. The van der Waals surface area contributed by atoms with E-state index in [0.717, 1.165) is 23.1 Å². The molecule has 0 bridgehead atoms. The van der Waals surface area contributed by atoms with Crippen molar-refractivity contribution < 1.29 is 18.7 Å². The van der Waals surface area contributed by atoms with Crippen LogP contribution in [0.4, 0.5) is 5.69 Å². The Bertz CT molecular complexity index is 1220. The van der Waals surface area contributed by atoms with Crippen LogP contribution in [0.25, 0.3) is 22.6 Å². The maximum atomic E-state index is 12.9. The molecule has 0 fully saturated rings. The first-order chi connectivity index (χ1) is 15.5. The van der Waals surface area contributed by atoms with Crippen molar-refractivity contribution in [3.8, 4) is 23.0 Å². The molecule has 1 amide bonds. The smallest absolute Gasteiger partial charge is 0.263 e. The number of carbonyl (C=O) groups is 1. The van der Waals surface area contributed by atoms with Gasteiger partial charge in [0.05, 0.1) is 14.2 Å². The molecule has 0 unspecified atom stereocenters. The second-order valence-electron chi connectivity index (χ2n) is 7.62. The maximum Gasteiger partial charge on any atom is 0.263 e. The fourth-order valence-corrected chi connectivity index (χ4v) is 3.57. The second-order valence-corrected chi connectivity index (χ2v) is 7.62. The van der Waals surface area contributed by atoms with E-state index < -0.39 is 0 Å². The number of nitrogens with zero attached hydrogens (tertiary/aromatic N) is 1. The van der Waals surface area contributed by atoms with Crippen molar-refractivity contribution in [1.29, 1.82) is 0 Å². The number of nitrogens with one attached hydrogen (secondary N) is 1. The number of rotatable bonds is 7. The molecule has 32 heavy (non-hydrogen) atoms. The van der Waals surface area contributed by atoms with Crippen LogP contribution in [0.2, 0.25) is 0 Å². The van der Waals surface area contributed by atoms with Gasteiger partial charge < -0.3 is 19.2 Å². The maximum absolute atomic E-state index is 12.9. The molecular weight excluding hydrogens is 404 g/mol. The Kier molecular flexibility index (Phi) is 6.12. The SMILES string of the molecule is CC[C@@H](C)c1ccc2oc(-c3ccc(NC(=O)c4c(OC)cccc4OC)cc3)nc2c1. The highest BCUT2D eigenvalue weighted by molar-refractivity contribution is 6.08. The summed E-state index contributed by atoms with van der Waals surface area (Å²) in [6.07, 6.45) is 1.07. The van der Waals surface area contributed by atoms with Crippen LogP contribution < -0.4 is 14.8 Å². The minimum Gasteiger partial charge on any atom is -0.496 e. The summed E-state index contributed by atoms with van der Waals surface area (Å²) in [6, 6.07) is 18.7. The number of aromatic nitrogens is 1. The van der Waals surface area contributed by atoms with Gasteiger partial charge in [-0.3, -0.25) is 4.79 Å². The fourth-order valence-electron chi connectivity index (χ4n) is 3.57. The fraction of sp³-hybridized carbons (Fsp3) is 0.231. The topological polar surface area (TPSA) is 73.6 Å². The molecule has 164 valence electrons. The predicted octanol–water partition coefficient (Wildman–Crippen LogP) is 6.28. The zero-order valence-corrected chi connectivity index (χ0v) is 18.6. The van der Waals surface area contributed by atoms with Crippen molar-refractivity contribution in [2.24, 2.45) is 0 Å². The number of methoxy groups -OCH3 is 2. The van der Waals surface area contributed by atoms with Crippen molar-refractivity contribution in [1.82, 2.24) is 4.98 Å². The highest BCUT2D eigenvalue weighted by Crippen LogP contribution is 2.31. The molecule has 1 atom stereocenters. The monoisotopic (exact) mass is 430 g/mol. The van der Waals surface area contributed by atoms with Crippen LogP contribution in [0.15, 0.2) is 65.1 Å². The third kappa shape index (κ3) is 4.17. The number of oxazole rings is 1. The zero-order chi connectivity index (χ0) is 22.7. The summed E-state index contributed by atoms with van der Waals surface area (Å²) in [5.41, 5.74) is 4.68. The van der Waals surface area contributed by atoms with Gasteiger partial charge in [-0.2, -0.15) is 0 Å². The van der Waals surface area contributed by atoms with E-state index in [-0.39, 0.29) is 5.91 Å². The number of carbonyl (C=O) groups excluding carboxylic acids is 1. The summed E-state index contributed by atoms with van der Waals surface area (Å²) < 4.78 is 16.6. The summed E-state index contributed by atoms with van der Waals surface area (Å²) in [7, 11) is 3.04. The van der Waals surface area contributed by atoms with E-state index in [9.17, 15) is 4.79 Å². The Morgan fingerprint density at radius 3 is 2.34 bits per heavy atom. The summed E-state index contributed by atoms with van der Waals surface area (Å²) in [5, 5.41) is 2.89. The molecule has 0 aliphatic heterocycles. The van der Waals surface area contributed by atoms with Gasteiger partial charge in [-0.05, 0) is 66.4 Å². The van der Waals surface area contributed by atoms with Crippen molar-refractivity contribution >= 4 is 22.7 Å². The molecule has 1 aromatic heterocycles. The first-order valence-electron chi connectivity index (χ1n) is 10.6. The minimum atomic E-state index is -0.313. The summed E-state index contributed by atoms with van der Waals surface area (Å²) in [6.45, 7) is 4.38. The number of hydrogen-bond donors (Lipinski definition) is 1. The third-order valence-corrected chi connectivity index (χ3v) is 5.64. The average molecular weight is 431 g/mol. The van der Waals surface area contributed by atoms with Gasteiger partial charge in [-0.15, -0.1) is 0 Å². The number of fused-ring (bicyclic) bond motifs is 1. The van der Waals surface area contributed by atoms with Crippen LogP contribution in [-0.2, 0) is 0 Å². The molecule has 6 heteroatoms. The number of benzene rings is 3. The van der Waals surface area contributed by atoms with E-state index in [4.69, 9.17) is 13.9 Å². The van der Waals surface area contributed by atoms with Crippen LogP contribution >= 0.6 is 0 Å². The lowest BCUT2D eigenvalue weighted by Crippen LogP contribution is -2.14. The number of anilines is 1. The average Bonchev–Trinajstić information content (AvgIpc) is 3.26. The van der Waals surface area contributed by atoms with Crippen molar-refractivity contribution in [3.05, 3.63) is 71.8 Å². The second kappa shape index (κ2) is 9.14. The van der Waals surface area contributed by atoms with Gasteiger partial charge >= 0.3 is 0 Å². The van der Waals surface area contributed by atoms with Crippen LogP contribution in [0, 0.1) is 0 Å². The molecule has 0 aliphatic rings. The van der Waals surface area contributed by atoms with E-state index in [1.54, 1.807) is 18.2 Å². The van der Waals surface area contributed by atoms with Crippen molar-refractivity contribution in [3.63, 3.8) is 0 Å². The lowest BCUT2D eigenvalue weighted by Gasteiger charge is -2.13. The van der Waals surface area contributed by atoms with Crippen LogP contribution in [-0.4, -0.2) is 25.1 Å². The Labute approximate surface area is 187 Å². The quantitative estimate of drug-likeness (QED) is 0.374. The van der Waals surface area contributed by atoms with Gasteiger partial charge in [0, 0.05) is 11.3 Å². The first-order valence-corrected chi connectivity index (χ1v) is 10.6. The van der Waals surface area contributed by atoms with E-state index in [0.29, 0.717) is 34.6 Å². The molecule has 1 heterocycles. The molecule has 3 aromatic carbocycles. The van der Waals surface area contributed by atoms with E-state index in [1.807, 2.05) is 30.3 Å². The molecule has 0 spiro atoms. The molecule has 4 aromatic rings. The lowest BCUT2D eigenvalue weighted by molar-refractivity contribution is 0.102. The van der Waals surface area contributed by atoms with Gasteiger partial charge in [0.2, 0.25) is 5.89 Å². The van der Waals surface area contributed by atoms with E-state index in [1.165, 1.54) is 19.8 Å². The Morgan fingerprint density at radius 1 is 1.03 bits per heavy atom. The Morgan fingerprint density at radius 2 is 1.72 bits per heavy atom. The Hall–Kier alpha value is -3.80. The normalized spacial score (nSPS) is 11.9. The third-order valence-electron chi connectivity index (χ3n) is 5.64. The number of ether oxygens (including phenoxy) is 2. The molecule has 1 N–H and O–H groups in total. The highest BCUT2D eigenvalue weighted by atomic mass is 16.5. The van der Waals surface area contributed by atoms with Crippen LogP contribution in [0.5, 0.6) is 11.5 Å². The zero-order valence-electron chi connectivity index (χ0n) is 18.6. The van der Waals surface area contributed by atoms with Gasteiger partial charge in [0.25, 0.3) is 5.91 Å². The standard InChI is InChI=1S/C26H26N2O4/c1-5-16(2)18-11-14-21-20(15-18)28-26(32-21)17-9-12-19(13-10-17)27-25(29)24-22(30-3)7-6-8-23(24)31-4/h6-16H,5H2,1-4H3,(H,27,29)/t16-/m1/s1. The number of hydrogen-bond acceptors (Lipinski definition) is 5. The summed E-state index contributed by atoms with van der Waals surface area (Å²) >= 11 is 0.